The standard InChI is InChI=1S/C13H14BrN3/c1-3-10-5-4-8-15-13(10)17(2)12-7-6-11(14)9-16-12/h4-9H,3H2,1-2H3. The molecule has 0 bridgehead atoms. The zero-order valence-corrected chi connectivity index (χ0v) is 11.5. The molecule has 0 aliphatic heterocycles. The maximum Gasteiger partial charge on any atom is 0.137 e. The Morgan fingerprint density at radius 2 is 2.06 bits per heavy atom. The van der Waals surface area contributed by atoms with Crippen LogP contribution in [0.25, 0.3) is 0 Å². The first-order valence-corrected chi connectivity index (χ1v) is 6.31. The van der Waals surface area contributed by atoms with E-state index >= 15 is 0 Å². The molecule has 2 aromatic heterocycles. The quantitative estimate of drug-likeness (QED) is 0.866. The molecule has 88 valence electrons. The predicted octanol–water partition coefficient (Wildman–Crippen LogP) is 3.57. The van der Waals surface area contributed by atoms with Crippen LogP contribution >= 0.6 is 15.9 Å². The first kappa shape index (κ1) is 12.0. The number of hydrogen-bond donors (Lipinski definition) is 0. The summed E-state index contributed by atoms with van der Waals surface area (Å²) in [4.78, 5) is 10.8. The van der Waals surface area contributed by atoms with E-state index in [1.54, 1.807) is 6.20 Å². The summed E-state index contributed by atoms with van der Waals surface area (Å²) in [6, 6.07) is 8.01. The molecule has 0 unspecified atom stereocenters. The van der Waals surface area contributed by atoms with Crippen molar-refractivity contribution in [2.75, 3.05) is 11.9 Å². The third-order valence-corrected chi connectivity index (χ3v) is 3.09. The van der Waals surface area contributed by atoms with E-state index in [4.69, 9.17) is 0 Å². The SMILES string of the molecule is CCc1cccnc1N(C)c1ccc(Br)cn1. The third kappa shape index (κ3) is 2.64. The van der Waals surface area contributed by atoms with Gasteiger partial charge in [-0.15, -0.1) is 0 Å². The number of hydrogen-bond acceptors (Lipinski definition) is 3. The molecule has 2 rings (SSSR count). The van der Waals surface area contributed by atoms with E-state index in [9.17, 15) is 0 Å². The zero-order chi connectivity index (χ0) is 12.3. The number of anilines is 2. The molecule has 0 spiro atoms. The molecule has 17 heavy (non-hydrogen) atoms. The van der Waals surface area contributed by atoms with Crippen molar-refractivity contribution in [2.24, 2.45) is 0 Å². The highest BCUT2D eigenvalue weighted by molar-refractivity contribution is 9.10. The fourth-order valence-electron chi connectivity index (χ4n) is 1.68. The van der Waals surface area contributed by atoms with Crippen molar-refractivity contribution in [3.63, 3.8) is 0 Å². The Hall–Kier alpha value is -1.42. The Bertz CT molecular complexity index is 496. The lowest BCUT2D eigenvalue weighted by Crippen LogP contribution is -2.14. The number of rotatable bonds is 3. The Labute approximate surface area is 110 Å². The lowest BCUT2D eigenvalue weighted by molar-refractivity contribution is 1.02. The van der Waals surface area contributed by atoms with Crippen molar-refractivity contribution in [1.82, 2.24) is 9.97 Å². The van der Waals surface area contributed by atoms with E-state index in [2.05, 4.69) is 38.9 Å². The second-order valence-corrected chi connectivity index (χ2v) is 4.65. The number of halogens is 1. The maximum atomic E-state index is 4.42. The van der Waals surface area contributed by atoms with E-state index < -0.39 is 0 Å². The Kier molecular flexibility index (Phi) is 3.74. The summed E-state index contributed by atoms with van der Waals surface area (Å²) in [5.41, 5.74) is 1.22. The van der Waals surface area contributed by atoms with Gasteiger partial charge < -0.3 is 4.90 Å². The van der Waals surface area contributed by atoms with Gasteiger partial charge in [0.15, 0.2) is 0 Å². The summed E-state index contributed by atoms with van der Waals surface area (Å²) in [6.45, 7) is 2.13. The van der Waals surface area contributed by atoms with Crippen LogP contribution in [0, 0.1) is 0 Å². The van der Waals surface area contributed by atoms with Gasteiger partial charge in [0.25, 0.3) is 0 Å². The van der Waals surface area contributed by atoms with Crippen LogP contribution in [0.15, 0.2) is 41.1 Å². The van der Waals surface area contributed by atoms with E-state index in [1.807, 2.05) is 36.3 Å². The topological polar surface area (TPSA) is 29.0 Å². The number of aryl methyl sites for hydroxylation is 1. The van der Waals surface area contributed by atoms with Gasteiger partial charge >= 0.3 is 0 Å². The molecule has 0 N–H and O–H groups in total. The zero-order valence-electron chi connectivity index (χ0n) is 9.89. The smallest absolute Gasteiger partial charge is 0.137 e. The van der Waals surface area contributed by atoms with Gasteiger partial charge in [0, 0.05) is 23.9 Å². The molecule has 0 atom stereocenters. The molecular weight excluding hydrogens is 278 g/mol. The molecule has 3 nitrogen and oxygen atoms in total. The summed E-state index contributed by atoms with van der Waals surface area (Å²) in [7, 11) is 1.98. The highest BCUT2D eigenvalue weighted by Gasteiger charge is 2.09. The highest BCUT2D eigenvalue weighted by Crippen LogP contribution is 2.24. The largest absolute Gasteiger partial charge is 0.314 e. The van der Waals surface area contributed by atoms with Gasteiger partial charge in [0.05, 0.1) is 0 Å². The summed E-state index contributed by atoms with van der Waals surface area (Å²) >= 11 is 3.38. The molecular formula is C13H14BrN3. The summed E-state index contributed by atoms with van der Waals surface area (Å²) < 4.78 is 0.978. The van der Waals surface area contributed by atoms with E-state index in [0.717, 1.165) is 22.5 Å². The summed E-state index contributed by atoms with van der Waals surface area (Å²) in [6.07, 6.45) is 4.56. The second-order valence-electron chi connectivity index (χ2n) is 3.73. The van der Waals surface area contributed by atoms with Gasteiger partial charge in [0.2, 0.25) is 0 Å². The monoisotopic (exact) mass is 291 g/mol. The molecule has 4 heteroatoms. The molecule has 0 fully saturated rings. The lowest BCUT2D eigenvalue weighted by atomic mass is 10.2. The van der Waals surface area contributed by atoms with Crippen LogP contribution in [0.5, 0.6) is 0 Å². The van der Waals surface area contributed by atoms with Crippen LogP contribution in [0.1, 0.15) is 12.5 Å². The molecule has 0 saturated carbocycles. The van der Waals surface area contributed by atoms with Gasteiger partial charge in [-0.1, -0.05) is 13.0 Å². The minimum Gasteiger partial charge on any atom is -0.314 e. The first-order chi connectivity index (χ1) is 8.22. The minimum atomic E-state index is 0.890. The number of pyridine rings is 2. The fourth-order valence-corrected chi connectivity index (χ4v) is 1.92. The van der Waals surface area contributed by atoms with Crippen molar-refractivity contribution in [3.05, 3.63) is 46.7 Å². The summed E-state index contributed by atoms with van der Waals surface area (Å²) in [5.74, 6) is 1.85. The molecule has 0 aliphatic carbocycles. The summed E-state index contributed by atoms with van der Waals surface area (Å²) in [5, 5.41) is 0. The normalized spacial score (nSPS) is 10.3. The lowest BCUT2D eigenvalue weighted by Gasteiger charge is -2.19. The number of aromatic nitrogens is 2. The van der Waals surface area contributed by atoms with Crippen LogP contribution in [0.3, 0.4) is 0 Å². The molecule has 0 amide bonds. The fraction of sp³-hybridized carbons (Fsp3) is 0.231. The third-order valence-electron chi connectivity index (χ3n) is 2.62. The van der Waals surface area contributed by atoms with Crippen molar-refractivity contribution in [3.8, 4) is 0 Å². The average molecular weight is 292 g/mol. The molecule has 2 aromatic rings. The molecule has 0 aromatic carbocycles. The van der Waals surface area contributed by atoms with Gasteiger partial charge in [0.1, 0.15) is 11.6 Å². The van der Waals surface area contributed by atoms with Gasteiger partial charge in [-0.3, -0.25) is 0 Å². The first-order valence-electron chi connectivity index (χ1n) is 5.51. The van der Waals surface area contributed by atoms with E-state index in [-0.39, 0.29) is 0 Å². The van der Waals surface area contributed by atoms with E-state index in [1.165, 1.54) is 5.56 Å². The van der Waals surface area contributed by atoms with Crippen LogP contribution in [-0.2, 0) is 6.42 Å². The minimum absolute atomic E-state index is 0.890. The predicted molar refractivity (Wildman–Crippen MR) is 73.6 cm³/mol. The molecule has 0 saturated heterocycles. The Morgan fingerprint density at radius 3 is 2.71 bits per heavy atom. The Morgan fingerprint density at radius 1 is 1.24 bits per heavy atom. The average Bonchev–Trinajstić information content (AvgIpc) is 2.39. The van der Waals surface area contributed by atoms with Crippen LogP contribution < -0.4 is 4.90 Å². The number of nitrogens with zero attached hydrogens (tertiary/aromatic N) is 3. The Balaban J connectivity index is 2.36. The molecule has 2 heterocycles. The van der Waals surface area contributed by atoms with Crippen molar-refractivity contribution in [1.29, 1.82) is 0 Å². The van der Waals surface area contributed by atoms with Crippen molar-refractivity contribution >= 4 is 27.6 Å². The van der Waals surface area contributed by atoms with Crippen molar-refractivity contribution < 1.29 is 0 Å². The van der Waals surface area contributed by atoms with Gasteiger partial charge in [-0.2, -0.15) is 0 Å². The van der Waals surface area contributed by atoms with Gasteiger partial charge in [-0.05, 0) is 46.1 Å². The van der Waals surface area contributed by atoms with Crippen molar-refractivity contribution in [2.45, 2.75) is 13.3 Å². The molecule has 0 radical (unpaired) electrons. The van der Waals surface area contributed by atoms with Crippen LogP contribution in [-0.4, -0.2) is 17.0 Å². The van der Waals surface area contributed by atoms with Gasteiger partial charge in [-0.25, -0.2) is 9.97 Å². The highest BCUT2D eigenvalue weighted by atomic mass is 79.9. The van der Waals surface area contributed by atoms with Crippen LogP contribution in [0.4, 0.5) is 11.6 Å². The second kappa shape index (κ2) is 5.27. The van der Waals surface area contributed by atoms with E-state index in [0.29, 0.717) is 0 Å². The maximum absolute atomic E-state index is 4.42. The van der Waals surface area contributed by atoms with Crippen LogP contribution in [0.2, 0.25) is 0 Å². The molecule has 0 aliphatic rings.